The third-order valence-electron chi connectivity index (χ3n) is 7.69. The van der Waals surface area contributed by atoms with Crippen molar-refractivity contribution in [3.8, 4) is 11.1 Å². The van der Waals surface area contributed by atoms with Crippen LogP contribution in [0.4, 0.5) is 24.8 Å². The van der Waals surface area contributed by atoms with Gasteiger partial charge in [0.15, 0.2) is 17.5 Å². The van der Waals surface area contributed by atoms with E-state index in [-0.39, 0.29) is 23.6 Å². The number of pyridine rings is 1. The van der Waals surface area contributed by atoms with Crippen molar-refractivity contribution in [1.82, 2.24) is 19.4 Å². The summed E-state index contributed by atoms with van der Waals surface area (Å²) >= 11 is 0. The van der Waals surface area contributed by atoms with Crippen molar-refractivity contribution in [1.29, 1.82) is 0 Å². The fraction of sp³-hybridized carbons (Fsp3) is 0.500. The number of halogens is 3. The van der Waals surface area contributed by atoms with Crippen LogP contribution in [0.15, 0.2) is 23.1 Å². The Morgan fingerprint density at radius 2 is 1.72 bits per heavy atom. The number of carbonyl (C=O) groups excluding carboxylic acids is 1. The van der Waals surface area contributed by atoms with Crippen molar-refractivity contribution in [3.05, 3.63) is 46.1 Å². The first-order valence-electron chi connectivity index (χ1n) is 13.4. The summed E-state index contributed by atoms with van der Waals surface area (Å²) in [6.45, 7) is 3.55. The predicted octanol–water partition coefficient (Wildman–Crippen LogP) is 5.09. The summed E-state index contributed by atoms with van der Waals surface area (Å²) in [5.74, 6) is -4.61. The molecule has 0 radical (unpaired) electrons. The Labute approximate surface area is 224 Å². The molecule has 39 heavy (non-hydrogen) atoms. The molecule has 5 rings (SSSR count). The third-order valence-corrected chi connectivity index (χ3v) is 7.69. The van der Waals surface area contributed by atoms with E-state index >= 15 is 4.39 Å². The van der Waals surface area contributed by atoms with Gasteiger partial charge in [-0.25, -0.2) is 18.2 Å². The lowest BCUT2D eigenvalue weighted by Gasteiger charge is -2.33. The van der Waals surface area contributed by atoms with Gasteiger partial charge in [-0.15, -0.1) is 0 Å². The highest BCUT2D eigenvalue weighted by molar-refractivity contribution is 5.94. The van der Waals surface area contributed by atoms with Gasteiger partial charge in [-0.1, -0.05) is 0 Å². The number of hydrogen-bond acceptors (Lipinski definition) is 6. The molecule has 0 atom stereocenters. The normalized spacial score (nSPS) is 19.6. The van der Waals surface area contributed by atoms with Crippen molar-refractivity contribution in [2.45, 2.75) is 70.5 Å². The van der Waals surface area contributed by atoms with Gasteiger partial charge in [-0.2, -0.15) is 4.98 Å². The number of nitrogens with zero attached hydrogens (tertiary/aromatic N) is 4. The molecule has 2 aromatic heterocycles. The Morgan fingerprint density at radius 3 is 2.33 bits per heavy atom. The summed E-state index contributed by atoms with van der Waals surface area (Å²) in [7, 11) is 4.17. The highest BCUT2D eigenvalue weighted by Gasteiger charge is 2.32. The average molecular weight is 543 g/mol. The number of fused-ring (bicyclic) bond motifs is 1. The maximum Gasteiger partial charge on any atom is 0.260 e. The van der Waals surface area contributed by atoms with Crippen molar-refractivity contribution < 1.29 is 18.0 Å². The van der Waals surface area contributed by atoms with E-state index in [4.69, 9.17) is 0 Å². The number of anilines is 2. The number of hydrogen-bond donors (Lipinski definition) is 2. The van der Waals surface area contributed by atoms with Gasteiger partial charge in [-0.05, 0) is 78.6 Å². The summed E-state index contributed by atoms with van der Waals surface area (Å²) in [5, 5.41) is 5.94. The molecule has 8 nitrogen and oxygen atoms in total. The first-order valence-corrected chi connectivity index (χ1v) is 13.4. The van der Waals surface area contributed by atoms with Crippen LogP contribution in [0.1, 0.15) is 58.4 Å². The topological polar surface area (TPSA) is 92.1 Å². The Kier molecular flexibility index (Phi) is 7.37. The SMILES string of the molecule is CC(C)n1c(=O)c(-c2cc(F)c(NC(=O)C3CC3)c(F)c2F)cc2cnc(NC3CCC(N(C)C)CC3)nc21. The van der Waals surface area contributed by atoms with Gasteiger partial charge >= 0.3 is 0 Å². The summed E-state index contributed by atoms with van der Waals surface area (Å²) in [6, 6.07) is 2.46. The van der Waals surface area contributed by atoms with E-state index in [0.29, 0.717) is 35.9 Å². The summed E-state index contributed by atoms with van der Waals surface area (Å²) < 4.78 is 46.4. The van der Waals surface area contributed by atoms with Crippen LogP contribution in [0.2, 0.25) is 0 Å². The minimum absolute atomic E-state index is 0.205. The Hall–Kier alpha value is -3.47. The molecule has 1 amide bonds. The molecule has 0 saturated heterocycles. The standard InChI is InChI=1S/C28H33F3N6O2/c1-14(2)37-25-16(13-32-28(35-25)33-17-7-9-18(10-8-17)36(3)4)11-20(27(37)39)19-12-21(29)24(23(31)22(19)30)34-26(38)15-5-6-15/h11-15,17-18H,5-10H2,1-4H3,(H,34,38)(H,32,33,35). The van der Waals surface area contributed by atoms with Crippen LogP contribution in [0.3, 0.4) is 0 Å². The second-order valence-corrected chi connectivity index (χ2v) is 11.1. The third kappa shape index (κ3) is 5.36. The van der Waals surface area contributed by atoms with Gasteiger partial charge in [0.2, 0.25) is 11.9 Å². The Bertz CT molecular complexity index is 1480. The average Bonchev–Trinajstić information content (AvgIpc) is 3.74. The summed E-state index contributed by atoms with van der Waals surface area (Å²) in [5.41, 5.74) is -1.90. The quantitative estimate of drug-likeness (QED) is 0.404. The zero-order chi connectivity index (χ0) is 28.0. The molecule has 0 unspecified atom stereocenters. The van der Waals surface area contributed by atoms with Crippen molar-refractivity contribution in [3.63, 3.8) is 0 Å². The van der Waals surface area contributed by atoms with E-state index in [1.807, 2.05) is 0 Å². The van der Waals surface area contributed by atoms with Crippen LogP contribution in [-0.4, -0.2) is 51.5 Å². The van der Waals surface area contributed by atoms with E-state index in [0.717, 1.165) is 31.7 Å². The molecule has 2 fully saturated rings. The number of aromatic nitrogens is 3. The molecule has 2 aliphatic carbocycles. The summed E-state index contributed by atoms with van der Waals surface area (Å²) in [4.78, 5) is 36.8. The lowest BCUT2D eigenvalue weighted by atomic mass is 9.91. The Morgan fingerprint density at radius 1 is 1.03 bits per heavy atom. The van der Waals surface area contributed by atoms with Gasteiger partial charge in [-0.3, -0.25) is 14.2 Å². The molecule has 0 bridgehead atoms. The number of amides is 1. The molecule has 3 aromatic rings. The van der Waals surface area contributed by atoms with Crippen LogP contribution in [0.5, 0.6) is 0 Å². The van der Waals surface area contributed by atoms with E-state index in [1.165, 1.54) is 16.8 Å². The minimum atomic E-state index is -1.55. The second-order valence-electron chi connectivity index (χ2n) is 11.1. The molecular weight excluding hydrogens is 509 g/mol. The molecule has 2 N–H and O–H groups in total. The fourth-order valence-electron chi connectivity index (χ4n) is 5.26. The molecule has 0 spiro atoms. The van der Waals surface area contributed by atoms with Crippen molar-refractivity contribution >= 4 is 28.6 Å². The molecule has 2 aliphatic rings. The van der Waals surface area contributed by atoms with Crippen molar-refractivity contribution in [2.75, 3.05) is 24.7 Å². The molecule has 0 aliphatic heterocycles. The first kappa shape index (κ1) is 27.1. The first-order chi connectivity index (χ1) is 18.5. The van der Waals surface area contributed by atoms with Crippen LogP contribution in [0, 0.1) is 23.4 Å². The highest BCUT2D eigenvalue weighted by Crippen LogP contribution is 2.34. The van der Waals surface area contributed by atoms with Gasteiger partial charge < -0.3 is 15.5 Å². The second kappa shape index (κ2) is 10.6. The van der Waals surface area contributed by atoms with Crippen LogP contribution in [0.25, 0.3) is 22.2 Å². The smallest absolute Gasteiger partial charge is 0.260 e. The zero-order valence-corrected chi connectivity index (χ0v) is 22.5. The predicted molar refractivity (Wildman–Crippen MR) is 144 cm³/mol. The largest absolute Gasteiger partial charge is 0.351 e. The zero-order valence-electron chi connectivity index (χ0n) is 22.5. The maximum absolute atomic E-state index is 15.2. The van der Waals surface area contributed by atoms with Crippen molar-refractivity contribution in [2.24, 2.45) is 5.92 Å². The number of carbonyl (C=O) groups is 1. The minimum Gasteiger partial charge on any atom is -0.351 e. The molecular formula is C28H33F3N6O2. The van der Waals surface area contributed by atoms with Gasteiger partial charge in [0.05, 0.1) is 5.56 Å². The molecule has 208 valence electrons. The highest BCUT2D eigenvalue weighted by atomic mass is 19.2. The van der Waals surface area contributed by atoms with Gasteiger partial charge in [0, 0.05) is 41.2 Å². The van der Waals surface area contributed by atoms with E-state index < -0.39 is 40.2 Å². The number of benzene rings is 1. The Balaban J connectivity index is 1.50. The lowest BCUT2D eigenvalue weighted by molar-refractivity contribution is -0.117. The molecule has 11 heteroatoms. The molecule has 2 saturated carbocycles. The fourth-order valence-corrected chi connectivity index (χ4v) is 5.26. The van der Waals surface area contributed by atoms with E-state index in [2.05, 4.69) is 39.6 Å². The van der Waals surface area contributed by atoms with E-state index in [1.54, 1.807) is 13.8 Å². The van der Waals surface area contributed by atoms with Crippen LogP contribution in [-0.2, 0) is 4.79 Å². The number of nitrogens with one attached hydrogen (secondary N) is 2. The molecule has 2 heterocycles. The lowest BCUT2D eigenvalue weighted by Crippen LogP contribution is -2.36. The van der Waals surface area contributed by atoms with Crippen LogP contribution >= 0.6 is 0 Å². The number of rotatable bonds is 7. The molecule has 1 aromatic carbocycles. The monoisotopic (exact) mass is 542 g/mol. The summed E-state index contributed by atoms with van der Waals surface area (Å²) in [6.07, 6.45) is 6.81. The van der Waals surface area contributed by atoms with E-state index in [9.17, 15) is 18.4 Å². The van der Waals surface area contributed by atoms with Gasteiger partial charge in [0.25, 0.3) is 5.56 Å². The van der Waals surface area contributed by atoms with Gasteiger partial charge in [0.1, 0.15) is 11.3 Å². The van der Waals surface area contributed by atoms with Crippen LogP contribution < -0.4 is 16.2 Å². The maximum atomic E-state index is 15.2.